The molecule has 1 aliphatic rings. The first-order chi connectivity index (χ1) is 12.0. The van der Waals surface area contributed by atoms with Crippen molar-refractivity contribution in [3.8, 4) is 0 Å². The highest BCUT2D eigenvalue weighted by Gasteiger charge is 2.38. The quantitative estimate of drug-likeness (QED) is 0.781. The third-order valence-electron chi connectivity index (χ3n) is 4.04. The van der Waals surface area contributed by atoms with Crippen molar-refractivity contribution in [3.63, 3.8) is 0 Å². The Morgan fingerprint density at radius 2 is 2.00 bits per heavy atom. The van der Waals surface area contributed by atoms with Crippen LogP contribution in [0.15, 0.2) is 53.1 Å². The summed E-state index contributed by atoms with van der Waals surface area (Å²) >= 11 is 0. The van der Waals surface area contributed by atoms with E-state index in [-0.39, 0.29) is 12.6 Å². The number of rotatable bonds is 6. The molecule has 130 valence electrons. The first-order valence-electron chi connectivity index (χ1n) is 8.03. The fourth-order valence-corrected chi connectivity index (χ4v) is 2.75. The molecule has 0 bridgehead atoms. The standard InChI is InChI=1S/C18H19N3O4/c1-12(15-8-5-9-25-15)19-16(22)11-21-17(23)14(20-18(21)24)10-13-6-3-2-4-7-13/h2-9,12,14H,10-11H2,1H3,(H,19,22)(H,20,24)/t12-,14+/m1/s1. The molecule has 1 aliphatic heterocycles. The molecule has 1 aromatic carbocycles. The normalized spacial score (nSPS) is 18.1. The summed E-state index contributed by atoms with van der Waals surface area (Å²) in [6, 6.07) is 11.3. The summed E-state index contributed by atoms with van der Waals surface area (Å²) in [6.45, 7) is 1.45. The predicted molar refractivity (Wildman–Crippen MR) is 89.4 cm³/mol. The van der Waals surface area contributed by atoms with Gasteiger partial charge < -0.3 is 15.1 Å². The maximum atomic E-state index is 12.4. The molecular weight excluding hydrogens is 322 g/mol. The van der Waals surface area contributed by atoms with Gasteiger partial charge in [0.2, 0.25) is 5.91 Å². The van der Waals surface area contributed by atoms with Crippen molar-refractivity contribution in [1.29, 1.82) is 0 Å². The molecule has 2 N–H and O–H groups in total. The van der Waals surface area contributed by atoms with Crippen LogP contribution in [0.2, 0.25) is 0 Å². The minimum atomic E-state index is -0.648. The molecular formula is C18H19N3O4. The summed E-state index contributed by atoms with van der Waals surface area (Å²) in [4.78, 5) is 37.5. The van der Waals surface area contributed by atoms with Gasteiger partial charge in [0.15, 0.2) is 0 Å². The Morgan fingerprint density at radius 3 is 2.68 bits per heavy atom. The zero-order valence-corrected chi connectivity index (χ0v) is 13.8. The van der Waals surface area contributed by atoms with Gasteiger partial charge in [-0.1, -0.05) is 30.3 Å². The molecule has 1 saturated heterocycles. The van der Waals surface area contributed by atoms with E-state index in [2.05, 4.69) is 10.6 Å². The molecule has 7 heteroatoms. The van der Waals surface area contributed by atoms with Gasteiger partial charge >= 0.3 is 6.03 Å². The molecule has 2 aromatic rings. The monoisotopic (exact) mass is 341 g/mol. The van der Waals surface area contributed by atoms with Crippen LogP contribution in [0.25, 0.3) is 0 Å². The molecule has 2 heterocycles. The lowest BCUT2D eigenvalue weighted by molar-refractivity contribution is -0.132. The largest absolute Gasteiger partial charge is 0.467 e. The zero-order valence-electron chi connectivity index (χ0n) is 13.8. The Bertz CT molecular complexity index is 758. The van der Waals surface area contributed by atoms with Crippen molar-refractivity contribution in [1.82, 2.24) is 15.5 Å². The highest BCUT2D eigenvalue weighted by Crippen LogP contribution is 2.14. The predicted octanol–water partition coefficient (Wildman–Crippen LogP) is 1.62. The van der Waals surface area contributed by atoms with E-state index in [4.69, 9.17) is 4.42 Å². The number of nitrogens with zero attached hydrogens (tertiary/aromatic N) is 1. The van der Waals surface area contributed by atoms with Gasteiger partial charge in [-0.25, -0.2) is 4.79 Å². The molecule has 0 aliphatic carbocycles. The summed E-state index contributed by atoms with van der Waals surface area (Å²) in [5.41, 5.74) is 0.943. The van der Waals surface area contributed by atoms with Crippen LogP contribution in [0, 0.1) is 0 Å². The van der Waals surface area contributed by atoms with Crippen molar-refractivity contribution in [2.45, 2.75) is 25.4 Å². The SMILES string of the molecule is C[C@@H](NC(=O)CN1C(=O)N[C@@H](Cc2ccccc2)C1=O)c1ccco1. The van der Waals surface area contributed by atoms with E-state index in [0.717, 1.165) is 10.5 Å². The summed E-state index contributed by atoms with van der Waals surface area (Å²) in [5, 5.41) is 5.34. The van der Waals surface area contributed by atoms with Crippen LogP contribution in [-0.4, -0.2) is 35.3 Å². The number of nitrogens with one attached hydrogen (secondary N) is 2. The Hall–Kier alpha value is -3.09. The van der Waals surface area contributed by atoms with Crippen molar-refractivity contribution in [2.24, 2.45) is 0 Å². The molecule has 0 spiro atoms. The van der Waals surface area contributed by atoms with E-state index in [9.17, 15) is 14.4 Å². The van der Waals surface area contributed by atoms with E-state index < -0.39 is 23.9 Å². The van der Waals surface area contributed by atoms with Crippen LogP contribution in [0.3, 0.4) is 0 Å². The molecule has 4 amide bonds. The molecule has 25 heavy (non-hydrogen) atoms. The Morgan fingerprint density at radius 1 is 1.24 bits per heavy atom. The van der Waals surface area contributed by atoms with Gasteiger partial charge in [-0.15, -0.1) is 0 Å². The second-order valence-corrected chi connectivity index (χ2v) is 5.92. The number of furan rings is 1. The highest BCUT2D eigenvalue weighted by atomic mass is 16.3. The van der Waals surface area contributed by atoms with Crippen LogP contribution in [0.4, 0.5) is 4.79 Å². The van der Waals surface area contributed by atoms with Gasteiger partial charge in [-0.3, -0.25) is 14.5 Å². The Balaban J connectivity index is 1.58. The van der Waals surface area contributed by atoms with E-state index in [1.54, 1.807) is 19.1 Å². The van der Waals surface area contributed by atoms with Gasteiger partial charge in [0, 0.05) is 6.42 Å². The maximum Gasteiger partial charge on any atom is 0.325 e. The van der Waals surface area contributed by atoms with Gasteiger partial charge in [-0.05, 0) is 24.6 Å². The lowest BCUT2D eigenvalue weighted by atomic mass is 10.1. The number of carbonyl (C=O) groups excluding carboxylic acids is 3. The minimum absolute atomic E-state index is 0.318. The number of amides is 4. The third-order valence-corrected chi connectivity index (χ3v) is 4.04. The Kier molecular flexibility index (Phi) is 4.83. The number of imide groups is 1. The maximum absolute atomic E-state index is 12.4. The topological polar surface area (TPSA) is 91.7 Å². The van der Waals surface area contributed by atoms with Gasteiger partial charge in [0.05, 0.1) is 12.3 Å². The van der Waals surface area contributed by atoms with Crippen LogP contribution < -0.4 is 10.6 Å². The lowest BCUT2D eigenvalue weighted by Gasteiger charge is -2.15. The molecule has 1 aromatic heterocycles. The fraction of sp³-hybridized carbons (Fsp3) is 0.278. The van der Waals surface area contributed by atoms with Crippen LogP contribution in [0.5, 0.6) is 0 Å². The van der Waals surface area contributed by atoms with Crippen molar-refractivity contribution in [2.75, 3.05) is 6.54 Å². The first-order valence-corrected chi connectivity index (χ1v) is 8.03. The van der Waals surface area contributed by atoms with Gasteiger partial charge in [0.25, 0.3) is 5.91 Å². The van der Waals surface area contributed by atoms with E-state index >= 15 is 0 Å². The van der Waals surface area contributed by atoms with Crippen molar-refractivity contribution >= 4 is 17.8 Å². The lowest BCUT2D eigenvalue weighted by Crippen LogP contribution is -2.41. The van der Waals surface area contributed by atoms with Crippen molar-refractivity contribution < 1.29 is 18.8 Å². The second-order valence-electron chi connectivity index (χ2n) is 5.92. The average molecular weight is 341 g/mol. The van der Waals surface area contributed by atoms with E-state index in [1.807, 2.05) is 30.3 Å². The summed E-state index contributed by atoms with van der Waals surface area (Å²) in [6.07, 6.45) is 1.91. The van der Waals surface area contributed by atoms with Gasteiger partial charge in [-0.2, -0.15) is 0 Å². The Labute approximate surface area is 145 Å². The molecule has 3 rings (SSSR count). The molecule has 0 saturated carbocycles. The van der Waals surface area contributed by atoms with Crippen LogP contribution >= 0.6 is 0 Å². The number of urea groups is 1. The highest BCUT2D eigenvalue weighted by molar-refractivity contribution is 6.06. The molecule has 2 atom stereocenters. The first kappa shape index (κ1) is 16.8. The number of benzene rings is 1. The molecule has 0 unspecified atom stereocenters. The minimum Gasteiger partial charge on any atom is -0.467 e. The van der Waals surface area contributed by atoms with Gasteiger partial charge in [0.1, 0.15) is 18.3 Å². The third kappa shape index (κ3) is 3.88. The van der Waals surface area contributed by atoms with Crippen LogP contribution in [0.1, 0.15) is 24.3 Å². The summed E-state index contributed by atoms with van der Waals surface area (Å²) in [7, 11) is 0. The fourth-order valence-electron chi connectivity index (χ4n) is 2.75. The second kappa shape index (κ2) is 7.21. The summed E-state index contributed by atoms with van der Waals surface area (Å²) < 4.78 is 5.22. The van der Waals surface area contributed by atoms with E-state index in [0.29, 0.717) is 12.2 Å². The zero-order chi connectivity index (χ0) is 17.8. The molecule has 7 nitrogen and oxygen atoms in total. The van der Waals surface area contributed by atoms with E-state index in [1.165, 1.54) is 6.26 Å². The number of hydrogen-bond donors (Lipinski definition) is 2. The smallest absolute Gasteiger partial charge is 0.325 e. The summed E-state index contributed by atoms with van der Waals surface area (Å²) in [5.74, 6) is -0.213. The number of hydrogen-bond acceptors (Lipinski definition) is 4. The average Bonchev–Trinajstić information content (AvgIpc) is 3.21. The van der Waals surface area contributed by atoms with Crippen LogP contribution in [-0.2, 0) is 16.0 Å². The van der Waals surface area contributed by atoms with Crippen molar-refractivity contribution in [3.05, 3.63) is 60.1 Å². The number of carbonyl (C=O) groups is 3. The molecule has 0 radical (unpaired) electrons. The molecule has 1 fully saturated rings.